The molecule has 0 unspecified atom stereocenters. The highest BCUT2D eigenvalue weighted by molar-refractivity contribution is 5.83. The molecule has 0 saturated heterocycles. The third kappa shape index (κ3) is 1.04. The number of nitrogens with zero attached hydrogens (tertiary/aromatic N) is 3. The van der Waals surface area contributed by atoms with Gasteiger partial charge in [-0.3, -0.25) is 4.90 Å². The molecule has 10 heavy (non-hydrogen) atoms. The number of anilines is 1. The first-order valence-electron chi connectivity index (χ1n) is 2.54. The van der Waals surface area contributed by atoms with Crippen molar-refractivity contribution in [3.63, 3.8) is 0 Å². The van der Waals surface area contributed by atoms with E-state index in [1.165, 1.54) is 13.2 Å². The van der Waals surface area contributed by atoms with Crippen LogP contribution in [0.25, 0.3) is 0 Å². The van der Waals surface area contributed by atoms with Crippen molar-refractivity contribution in [3.05, 3.63) is 6.20 Å². The first-order valence-corrected chi connectivity index (χ1v) is 2.54. The minimum atomic E-state index is -1.05. The smallest absolute Gasteiger partial charge is 0.412 e. The van der Waals surface area contributed by atoms with Gasteiger partial charge in [-0.2, -0.15) is 0 Å². The molecule has 1 heterocycles. The fourth-order valence-electron chi connectivity index (χ4n) is 0.457. The lowest BCUT2D eigenvalue weighted by molar-refractivity contribution is 0.203. The van der Waals surface area contributed by atoms with E-state index in [-0.39, 0.29) is 0 Å². The Kier molecular flexibility index (Phi) is 1.53. The third-order valence-electron chi connectivity index (χ3n) is 1.05. The lowest BCUT2D eigenvalue weighted by Gasteiger charge is -2.06. The number of hydrogen-bond acceptors (Lipinski definition) is 3. The number of hydrogen-bond donors (Lipinski definition) is 2. The Morgan fingerprint density at radius 2 is 2.60 bits per heavy atom. The fraction of sp³-hybridized carbons (Fsp3) is 0.250. The van der Waals surface area contributed by atoms with Gasteiger partial charge in [0.1, 0.15) is 0 Å². The van der Waals surface area contributed by atoms with Crippen LogP contribution in [0.1, 0.15) is 0 Å². The van der Waals surface area contributed by atoms with Crippen molar-refractivity contribution in [3.8, 4) is 0 Å². The van der Waals surface area contributed by atoms with Gasteiger partial charge >= 0.3 is 6.09 Å². The van der Waals surface area contributed by atoms with Gasteiger partial charge in [-0.15, -0.1) is 5.10 Å². The van der Waals surface area contributed by atoms with E-state index in [4.69, 9.17) is 5.11 Å². The third-order valence-corrected chi connectivity index (χ3v) is 1.05. The quantitative estimate of drug-likeness (QED) is 0.574. The van der Waals surface area contributed by atoms with Crippen LogP contribution in [0.3, 0.4) is 0 Å². The number of aromatic nitrogens is 3. The largest absolute Gasteiger partial charge is 0.465 e. The van der Waals surface area contributed by atoms with Crippen LogP contribution >= 0.6 is 0 Å². The van der Waals surface area contributed by atoms with E-state index in [0.29, 0.717) is 5.82 Å². The molecule has 1 rings (SSSR count). The maximum atomic E-state index is 10.2. The second-order valence-corrected chi connectivity index (χ2v) is 1.68. The lowest BCUT2D eigenvalue weighted by atomic mass is 10.7. The summed E-state index contributed by atoms with van der Waals surface area (Å²) in [7, 11) is 1.40. The number of carbonyl (C=O) groups is 1. The van der Waals surface area contributed by atoms with Gasteiger partial charge in [-0.05, 0) is 0 Å². The summed E-state index contributed by atoms with van der Waals surface area (Å²) in [5.41, 5.74) is 0. The summed E-state index contributed by atoms with van der Waals surface area (Å²) in [6.07, 6.45) is 0.278. The number of nitrogens with one attached hydrogen (secondary N) is 1. The van der Waals surface area contributed by atoms with Crippen molar-refractivity contribution in [1.29, 1.82) is 0 Å². The number of H-pyrrole nitrogens is 1. The Hall–Kier alpha value is -1.59. The van der Waals surface area contributed by atoms with Gasteiger partial charge in [-0.25, -0.2) is 9.89 Å². The fourth-order valence-corrected chi connectivity index (χ4v) is 0.457. The van der Waals surface area contributed by atoms with Crippen LogP contribution in [0.5, 0.6) is 0 Å². The van der Waals surface area contributed by atoms with E-state index < -0.39 is 6.09 Å². The van der Waals surface area contributed by atoms with Crippen molar-refractivity contribution in [2.24, 2.45) is 0 Å². The minimum absolute atomic E-state index is 0.354. The second kappa shape index (κ2) is 2.34. The van der Waals surface area contributed by atoms with Gasteiger partial charge in [0.2, 0.25) is 0 Å². The zero-order valence-corrected chi connectivity index (χ0v) is 5.27. The van der Waals surface area contributed by atoms with Crippen LogP contribution in [0, 0.1) is 0 Å². The molecule has 1 amide bonds. The summed E-state index contributed by atoms with van der Waals surface area (Å²) >= 11 is 0. The van der Waals surface area contributed by atoms with Gasteiger partial charge in [0.25, 0.3) is 0 Å². The zero-order valence-electron chi connectivity index (χ0n) is 5.27. The molecule has 0 aliphatic carbocycles. The lowest BCUT2D eigenvalue weighted by Crippen LogP contribution is -2.23. The first-order chi connectivity index (χ1) is 4.72. The van der Waals surface area contributed by atoms with Crippen molar-refractivity contribution in [2.75, 3.05) is 11.9 Å². The molecule has 6 heteroatoms. The molecule has 0 aliphatic heterocycles. The van der Waals surface area contributed by atoms with Crippen molar-refractivity contribution >= 4 is 11.9 Å². The summed E-state index contributed by atoms with van der Waals surface area (Å²) < 4.78 is 0. The van der Waals surface area contributed by atoms with Gasteiger partial charge < -0.3 is 5.11 Å². The van der Waals surface area contributed by atoms with Crippen LogP contribution in [-0.2, 0) is 0 Å². The van der Waals surface area contributed by atoms with Gasteiger partial charge in [0, 0.05) is 7.05 Å². The van der Waals surface area contributed by atoms with E-state index in [2.05, 4.69) is 15.4 Å². The Morgan fingerprint density at radius 1 is 1.90 bits per heavy atom. The highest BCUT2D eigenvalue weighted by Gasteiger charge is 2.08. The molecule has 54 valence electrons. The minimum Gasteiger partial charge on any atom is -0.465 e. The summed E-state index contributed by atoms with van der Waals surface area (Å²) in [5.74, 6) is 0.354. The van der Waals surface area contributed by atoms with E-state index in [9.17, 15) is 4.79 Å². The summed E-state index contributed by atoms with van der Waals surface area (Å²) in [4.78, 5) is 11.2. The average Bonchev–Trinajstić information content (AvgIpc) is 2.36. The highest BCUT2D eigenvalue weighted by Crippen LogP contribution is 2.02. The van der Waals surface area contributed by atoms with E-state index in [1.807, 2.05) is 0 Å². The van der Waals surface area contributed by atoms with Gasteiger partial charge in [0.15, 0.2) is 5.82 Å². The van der Waals surface area contributed by atoms with Crippen LogP contribution in [0.2, 0.25) is 0 Å². The Labute approximate surface area is 56.5 Å². The molecule has 0 bridgehead atoms. The second-order valence-electron chi connectivity index (χ2n) is 1.68. The predicted molar refractivity (Wildman–Crippen MR) is 32.8 cm³/mol. The number of carboxylic acid groups (broad SMARTS) is 1. The molecular weight excluding hydrogens is 136 g/mol. The molecule has 0 atom stereocenters. The van der Waals surface area contributed by atoms with Crippen LogP contribution in [-0.4, -0.2) is 33.7 Å². The monoisotopic (exact) mass is 142 g/mol. The highest BCUT2D eigenvalue weighted by atomic mass is 16.4. The zero-order chi connectivity index (χ0) is 7.56. The van der Waals surface area contributed by atoms with E-state index in [1.54, 1.807) is 0 Å². The maximum Gasteiger partial charge on any atom is 0.412 e. The number of rotatable bonds is 1. The molecule has 0 aliphatic rings. The van der Waals surface area contributed by atoms with Crippen LogP contribution in [0.15, 0.2) is 6.20 Å². The van der Waals surface area contributed by atoms with Crippen molar-refractivity contribution < 1.29 is 9.90 Å². The van der Waals surface area contributed by atoms with Gasteiger partial charge in [-0.1, -0.05) is 5.21 Å². The Morgan fingerprint density at radius 3 is 3.00 bits per heavy atom. The summed E-state index contributed by atoms with van der Waals surface area (Å²) in [6.45, 7) is 0. The summed E-state index contributed by atoms with van der Waals surface area (Å²) in [5, 5.41) is 17.6. The molecule has 0 spiro atoms. The molecule has 0 saturated carbocycles. The first kappa shape index (κ1) is 6.53. The van der Waals surface area contributed by atoms with E-state index in [0.717, 1.165) is 4.90 Å². The number of aromatic amines is 1. The van der Waals surface area contributed by atoms with Crippen molar-refractivity contribution in [1.82, 2.24) is 15.4 Å². The molecule has 2 N–H and O–H groups in total. The number of amides is 1. The SMILES string of the molecule is CN(C(=O)O)c1cnn[nH]1. The topological polar surface area (TPSA) is 82.1 Å². The molecule has 0 radical (unpaired) electrons. The average molecular weight is 142 g/mol. The molecule has 6 nitrogen and oxygen atoms in total. The molecular formula is C4H6N4O2. The van der Waals surface area contributed by atoms with Gasteiger partial charge in [0.05, 0.1) is 6.20 Å². The maximum absolute atomic E-state index is 10.2. The van der Waals surface area contributed by atoms with Crippen LogP contribution < -0.4 is 4.90 Å². The molecule has 0 aromatic carbocycles. The standard InChI is InChI=1S/C4H6N4O2/c1-8(4(9)10)3-2-5-7-6-3/h2H,1H3,(H,9,10)(H,5,6,7). The summed E-state index contributed by atoms with van der Waals surface area (Å²) in [6, 6.07) is 0. The predicted octanol–water partition coefficient (Wildman–Crippen LogP) is -0.0811. The van der Waals surface area contributed by atoms with Crippen LogP contribution in [0.4, 0.5) is 10.6 Å². The molecule has 0 fully saturated rings. The van der Waals surface area contributed by atoms with Crippen molar-refractivity contribution in [2.45, 2.75) is 0 Å². The Balaban J connectivity index is 2.77. The van der Waals surface area contributed by atoms with E-state index >= 15 is 0 Å². The molecule has 1 aromatic rings. The molecule has 1 aromatic heterocycles. The Bertz CT molecular complexity index is 219. The normalized spacial score (nSPS) is 9.30.